The van der Waals surface area contributed by atoms with Crippen molar-refractivity contribution in [1.29, 1.82) is 0 Å². The molecular formula is C21H26ClNO3S. The quantitative estimate of drug-likeness (QED) is 0.301. The van der Waals surface area contributed by atoms with Crippen LogP contribution < -0.4 is 10.1 Å². The number of Topliss-reactive ketones (excluding diaryl/α,β-unsaturated/α-hetero) is 1. The van der Waals surface area contributed by atoms with Crippen molar-refractivity contribution < 1.29 is 14.3 Å². The van der Waals surface area contributed by atoms with Crippen LogP contribution in [0.4, 0.5) is 0 Å². The largest absolute Gasteiger partial charge is 0.426 e. The summed E-state index contributed by atoms with van der Waals surface area (Å²) in [6, 6.07) is 15.4. The predicted molar refractivity (Wildman–Crippen MR) is 113 cm³/mol. The second-order valence-electron chi connectivity index (χ2n) is 6.78. The van der Waals surface area contributed by atoms with Gasteiger partial charge in [0.1, 0.15) is 5.75 Å². The molecule has 0 saturated carbocycles. The van der Waals surface area contributed by atoms with Gasteiger partial charge in [-0.15, -0.1) is 24.2 Å². The maximum atomic E-state index is 12.6. The fourth-order valence-electron chi connectivity index (χ4n) is 2.67. The van der Waals surface area contributed by atoms with Crippen LogP contribution in [0.3, 0.4) is 0 Å². The smallest absolute Gasteiger partial charge is 0.308 e. The van der Waals surface area contributed by atoms with Crippen LogP contribution in [0.25, 0.3) is 0 Å². The Bertz CT molecular complexity index is 778. The van der Waals surface area contributed by atoms with E-state index in [2.05, 4.69) is 31.3 Å². The number of nitrogens with one attached hydrogen (secondary N) is 1. The van der Waals surface area contributed by atoms with Gasteiger partial charge in [-0.3, -0.25) is 9.59 Å². The second kappa shape index (κ2) is 10.5. The first kappa shape index (κ1) is 23.2. The molecule has 27 heavy (non-hydrogen) atoms. The molecule has 2 aromatic carbocycles. The van der Waals surface area contributed by atoms with Gasteiger partial charge in [-0.2, -0.15) is 0 Å². The average Bonchev–Trinajstić information content (AvgIpc) is 2.60. The molecule has 0 bridgehead atoms. The van der Waals surface area contributed by atoms with Gasteiger partial charge in [0.2, 0.25) is 0 Å². The summed E-state index contributed by atoms with van der Waals surface area (Å²) in [6.07, 6.45) is 2.72. The number of hydrogen-bond donors (Lipinski definition) is 1. The molecule has 0 amide bonds. The highest BCUT2D eigenvalue weighted by Crippen LogP contribution is 2.29. The van der Waals surface area contributed by atoms with E-state index in [1.165, 1.54) is 24.2 Å². The number of carbonyl (C=O) groups excluding carboxylic acids is 2. The van der Waals surface area contributed by atoms with Gasteiger partial charge in [0.15, 0.2) is 5.78 Å². The monoisotopic (exact) mass is 407 g/mol. The summed E-state index contributed by atoms with van der Waals surface area (Å²) in [6.45, 7) is 5.79. The molecule has 2 rings (SSSR count). The Hall–Kier alpha value is -1.82. The lowest BCUT2D eigenvalue weighted by Gasteiger charge is -2.26. The fraction of sp³-hybridized carbons (Fsp3) is 0.333. The van der Waals surface area contributed by atoms with Crippen LogP contribution in [0, 0.1) is 0 Å². The van der Waals surface area contributed by atoms with E-state index in [1.54, 1.807) is 18.2 Å². The van der Waals surface area contributed by atoms with E-state index in [9.17, 15) is 9.59 Å². The van der Waals surface area contributed by atoms with E-state index in [-0.39, 0.29) is 36.2 Å². The standard InChI is InChI=1S/C21H25NO3S.ClH/c1-15(23)25-19-11-10-17(12-20(19)26-4)18(24)14-22-21(2,3)13-16-8-6-5-7-9-16;/h5-12,22H,13-14H2,1-4H3;1H. The maximum Gasteiger partial charge on any atom is 0.308 e. The van der Waals surface area contributed by atoms with Gasteiger partial charge in [0, 0.05) is 18.0 Å². The lowest BCUT2D eigenvalue weighted by atomic mass is 9.94. The third-order valence-corrected chi connectivity index (χ3v) is 4.71. The Morgan fingerprint density at radius 2 is 1.78 bits per heavy atom. The van der Waals surface area contributed by atoms with Crippen molar-refractivity contribution in [3.8, 4) is 5.75 Å². The van der Waals surface area contributed by atoms with E-state index in [0.29, 0.717) is 11.3 Å². The summed E-state index contributed by atoms with van der Waals surface area (Å²) in [5, 5.41) is 3.35. The second-order valence-corrected chi connectivity index (χ2v) is 7.63. The van der Waals surface area contributed by atoms with Crippen molar-refractivity contribution >= 4 is 35.9 Å². The van der Waals surface area contributed by atoms with E-state index >= 15 is 0 Å². The van der Waals surface area contributed by atoms with E-state index < -0.39 is 0 Å². The van der Waals surface area contributed by atoms with Crippen molar-refractivity contribution in [2.45, 2.75) is 37.6 Å². The van der Waals surface area contributed by atoms with Crippen molar-refractivity contribution in [1.82, 2.24) is 5.32 Å². The molecule has 0 fully saturated rings. The van der Waals surface area contributed by atoms with Crippen molar-refractivity contribution in [2.24, 2.45) is 0 Å². The molecule has 0 radical (unpaired) electrons. The minimum Gasteiger partial charge on any atom is -0.426 e. The zero-order valence-corrected chi connectivity index (χ0v) is 17.7. The van der Waals surface area contributed by atoms with Crippen LogP contribution in [0.5, 0.6) is 5.75 Å². The molecule has 0 saturated heterocycles. The summed E-state index contributed by atoms with van der Waals surface area (Å²) in [4.78, 5) is 24.5. The van der Waals surface area contributed by atoms with E-state index in [4.69, 9.17) is 4.74 Å². The van der Waals surface area contributed by atoms with Gasteiger partial charge in [-0.25, -0.2) is 0 Å². The first-order valence-corrected chi connectivity index (χ1v) is 9.72. The summed E-state index contributed by atoms with van der Waals surface area (Å²) in [5.41, 5.74) is 1.64. The number of rotatable bonds is 8. The molecule has 0 aromatic heterocycles. The highest BCUT2D eigenvalue weighted by atomic mass is 35.5. The van der Waals surface area contributed by atoms with E-state index in [0.717, 1.165) is 11.3 Å². The minimum absolute atomic E-state index is 0. The van der Waals surface area contributed by atoms with Crippen molar-refractivity contribution in [3.63, 3.8) is 0 Å². The third kappa shape index (κ3) is 7.37. The zero-order valence-electron chi connectivity index (χ0n) is 16.1. The van der Waals surface area contributed by atoms with Crippen LogP contribution in [0.1, 0.15) is 36.7 Å². The normalized spacial score (nSPS) is 10.8. The molecule has 0 aliphatic heterocycles. The van der Waals surface area contributed by atoms with Gasteiger partial charge in [0.05, 0.1) is 11.4 Å². The SMILES string of the molecule is CSc1cc(C(=O)CNC(C)(C)Cc2ccccc2)ccc1OC(C)=O.Cl. The Labute approximate surface area is 171 Å². The molecule has 0 heterocycles. The molecule has 0 aliphatic carbocycles. The van der Waals surface area contributed by atoms with Gasteiger partial charge in [0.25, 0.3) is 0 Å². The van der Waals surface area contributed by atoms with Crippen LogP contribution in [-0.4, -0.2) is 30.1 Å². The first-order chi connectivity index (χ1) is 12.3. The summed E-state index contributed by atoms with van der Waals surface area (Å²) in [5.74, 6) is 0.124. The maximum absolute atomic E-state index is 12.6. The highest BCUT2D eigenvalue weighted by molar-refractivity contribution is 7.98. The molecule has 0 atom stereocenters. The molecule has 0 unspecified atom stereocenters. The third-order valence-electron chi connectivity index (χ3n) is 3.96. The van der Waals surface area contributed by atoms with Crippen LogP contribution in [0.15, 0.2) is 53.4 Å². The molecule has 146 valence electrons. The van der Waals surface area contributed by atoms with Crippen LogP contribution in [0.2, 0.25) is 0 Å². The first-order valence-electron chi connectivity index (χ1n) is 8.49. The molecule has 0 aliphatic rings. The average molecular weight is 408 g/mol. The summed E-state index contributed by atoms with van der Waals surface area (Å²) >= 11 is 1.44. The Kier molecular flexibility index (Phi) is 9.03. The molecule has 1 N–H and O–H groups in total. The Balaban J connectivity index is 0.00000364. The Morgan fingerprint density at radius 3 is 2.37 bits per heavy atom. The topological polar surface area (TPSA) is 55.4 Å². The number of thioether (sulfide) groups is 1. The molecule has 0 spiro atoms. The number of carbonyl (C=O) groups is 2. The number of benzene rings is 2. The number of ketones is 1. The van der Waals surface area contributed by atoms with Crippen LogP contribution >= 0.6 is 24.2 Å². The Morgan fingerprint density at radius 1 is 1.11 bits per heavy atom. The molecule has 6 heteroatoms. The number of ether oxygens (including phenoxy) is 1. The predicted octanol–water partition coefficient (Wildman–Crippen LogP) is 4.55. The summed E-state index contributed by atoms with van der Waals surface area (Å²) < 4.78 is 5.16. The summed E-state index contributed by atoms with van der Waals surface area (Å²) in [7, 11) is 0. The van der Waals surface area contributed by atoms with E-state index in [1.807, 2.05) is 24.5 Å². The number of esters is 1. The van der Waals surface area contributed by atoms with Gasteiger partial charge < -0.3 is 10.1 Å². The van der Waals surface area contributed by atoms with Crippen molar-refractivity contribution in [3.05, 3.63) is 59.7 Å². The minimum atomic E-state index is -0.372. The molecular weight excluding hydrogens is 382 g/mol. The molecule has 2 aromatic rings. The number of halogens is 1. The van der Waals surface area contributed by atoms with Gasteiger partial charge in [-0.1, -0.05) is 30.3 Å². The fourth-order valence-corrected chi connectivity index (χ4v) is 3.23. The van der Waals surface area contributed by atoms with Crippen molar-refractivity contribution in [2.75, 3.05) is 12.8 Å². The van der Waals surface area contributed by atoms with Gasteiger partial charge in [-0.05, 0) is 50.3 Å². The lowest BCUT2D eigenvalue weighted by molar-refractivity contribution is -0.132. The molecule has 4 nitrogen and oxygen atoms in total. The van der Waals surface area contributed by atoms with Crippen LogP contribution in [-0.2, 0) is 11.2 Å². The zero-order chi connectivity index (χ0) is 19.2. The lowest BCUT2D eigenvalue weighted by Crippen LogP contribution is -2.44. The van der Waals surface area contributed by atoms with Gasteiger partial charge >= 0.3 is 5.97 Å². The highest BCUT2D eigenvalue weighted by Gasteiger charge is 2.20. The number of hydrogen-bond acceptors (Lipinski definition) is 5.